The van der Waals surface area contributed by atoms with Crippen LogP contribution in [-0.2, 0) is 6.42 Å². The minimum Gasteiger partial charge on any atom is -0.392 e. The highest BCUT2D eigenvalue weighted by molar-refractivity contribution is 5.88. The molecule has 20 heavy (non-hydrogen) atoms. The van der Waals surface area contributed by atoms with E-state index in [1.807, 2.05) is 0 Å². The second-order valence-corrected chi connectivity index (χ2v) is 5.93. The van der Waals surface area contributed by atoms with Gasteiger partial charge in [-0.2, -0.15) is 0 Å². The molecule has 0 saturated heterocycles. The van der Waals surface area contributed by atoms with Gasteiger partial charge in [0.1, 0.15) is 0 Å². The fraction of sp³-hybridized carbons (Fsp3) is 0.412. The number of nitrogens with zero attached hydrogens (tertiary/aromatic N) is 1. The average molecular weight is 268 g/mol. The molecule has 2 heterocycles. The lowest BCUT2D eigenvalue weighted by molar-refractivity contribution is 0.179. The number of likely N-dealkylation sites (N-methyl/N-ethyl adjacent to an activating group) is 1. The summed E-state index contributed by atoms with van der Waals surface area (Å²) in [6, 6.07) is 7.07. The number of aliphatic hydroxyl groups excluding tert-OH is 1. The number of aliphatic hydroxyl groups is 1. The third-order valence-electron chi connectivity index (χ3n) is 4.92. The van der Waals surface area contributed by atoms with Crippen LogP contribution in [0.25, 0.3) is 10.9 Å². The van der Waals surface area contributed by atoms with Gasteiger partial charge in [0.05, 0.1) is 6.61 Å². The molecule has 0 radical (unpaired) electrons. The van der Waals surface area contributed by atoms with Crippen LogP contribution in [0.5, 0.6) is 0 Å². The molecule has 0 fully saturated rings. The molecule has 1 aromatic carbocycles. The summed E-state index contributed by atoms with van der Waals surface area (Å²) in [6.07, 6.45) is 5.58. The fourth-order valence-electron chi connectivity index (χ4n) is 3.98. The van der Waals surface area contributed by atoms with Gasteiger partial charge in [0.2, 0.25) is 0 Å². The zero-order chi connectivity index (χ0) is 13.7. The van der Waals surface area contributed by atoms with Crippen LogP contribution >= 0.6 is 0 Å². The summed E-state index contributed by atoms with van der Waals surface area (Å²) < 4.78 is 0. The van der Waals surface area contributed by atoms with Gasteiger partial charge in [0.15, 0.2) is 0 Å². The fourth-order valence-corrected chi connectivity index (χ4v) is 3.98. The number of H-pyrrole nitrogens is 1. The third kappa shape index (κ3) is 1.60. The number of hydrogen-bond donors (Lipinski definition) is 2. The van der Waals surface area contributed by atoms with Crippen LogP contribution < -0.4 is 0 Å². The van der Waals surface area contributed by atoms with E-state index >= 15 is 0 Å². The van der Waals surface area contributed by atoms with Crippen molar-refractivity contribution in [3.8, 4) is 0 Å². The van der Waals surface area contributed by atoms with Crippen molar-refractivity contribution in [2.75, 3.05) is 19.7 Å². The summed E-state index contributed by atoms with van der Waals surface area (Å²) in [6.45, 7) is 4.33. The van der Waals surface area contributed by atoms with Crippen LogP contribution in [0.15, 0.2) is 36.0 Å². The normalized spacial score (nSPS) is 25.6. The second-order valence-electron chi connectivity index (χ2n) is 5.93. The summed E-state index contributed by atoms with van der Waals surface area (Å²) in [5, 5.41) is 10.9. The Morgan fingerprint density at radius 3 is 3.10 bits per heavy atom. The van der Waals surface area contributed by atoms with Gasteiger partial charge < -0.3 is 10.1 Å². The van der Waals surface area contributed by atoms with Gasteiger partial charge in [-0.05, 0) is 35.7 Å². The molecule has 104 valence electrons. The molecule has 0 bridgehead atoms. The third-order valence-corrected chi connectivity index (χ3v) is 4.92. The summed E-state index contributed by atoms with van der Waals surface area (Å²) in [4.78, 5) is 5.90. The standard InChI is InChI=1S/C17H20N2O/c1-2-19-9-11(10-20)6-14-13-4-3-5-15-17(13)12(8-18-15)7-16(14)19/h3-6,8,14,16,18,20H,2,7,9-10H2,1H3/t14-,16-/m1/s1. The first-order valence-corrected chi connectivity index (χ1v) is 7.45. The number of benzene rings is 1. The predicted molar refractivity (Wildman–Crippen MR) is 80.9 cm³/mol. The maximum atomic E-state index is 9.54. The molecule has 2 atom stereocenters. The van der Waals surface area contributed by atoms with Crippen LogP contribution in [0.1, 0.15) is 24.0 Å². The molecular formula is C17H20N2O. The minimum absolute atomic E-state index is 0.176. The van der Waals surface area contributed by atoms with Crippen molar-refractivity contribution in [3.63, 3.8) is 0 Å². The van der Waals surface area contributed by atoms with Crippen molar-refractivity contribution in [3.05, 3.63) is 47.2 Å². The molecule has 0 unspecified atom stereocenters. The average Bonchev–Trinajstić information content (AvgIpc) is 2.91. The molecule has 1 aliphatic heterocycles. The zero-order valence-electron chi connectivity index (χ0n) is 11.8. The number of fused-ring (bicyclic) bond motifs is 2. The summed E-state index contributed by atoms with van der Waals surface area (Å²) in [5.41, 5.74) is 5.25. The number of aromatic nitrogens is 1. The van der Waals surface area contributed by atoms with E-state index in [1.54, 1.807) is 0 Å². The highest BCUT2D eigenvalue weighted by Crippen LogP contribution is 2.41. The van der Waals surface area contributed by atoms with E-state index in [0.29, 0.717) is 12.0 Å². The quantitative estimate of drug-likeness (QED) is 0.821. The van der Waals surface area contributed by atoms with E-state index < -0.39 is 0 Å². The molecule has 3 heteroatoms. The maximum Gasteiger partial charge on any atom is 0.0654 e. The van der Waals surface area contributed by atoms with Crippen molar-refractivity contribution < 1.29 is 5.11 Å². The molecule has 0 saturated carbocycles. The SMILES string of the molecule is CCN1CC(CO)=C[C@@H]2c3cccc4[nH]cc(c34)C[C@H]21. The largest absolute Gasteiger partial charge is 0.392 e. The Labute approximate surface area is 118 Å². The van der Waals surface area contributed by atoms with Gasteiger partial charge >= 0.3 is 0 Å². The first-order valence-electron chi connectivity index (χ1n) is 7.45. The molecule has 2 aliphatic rings. The summed E-state index contributed by atoms with van der Waals surface area (Å²) in [7, 11) is 0. The monoisotopic (exact) mass is 268 g/mol. The Hall–Kier alpha value is -1.58. The Kier molecular flexibility index (Phi) is 2.72. The van der Waals surface area contributed by atoms with E-state index in [9.17, 15) is 5.11 Å². The van der Waals surface area contributed by atoms with Gasteiger partial charge in [-0.15, -0.1) is 0 Å². The highest BCUT2D eigenvalue weighted by Gasteiger charge is 2.36. The molecule has 1 aromatic heterocycles. The topological polar surface area (TPSA) is 39.3 Å². The van der Waals surface area contributed by atoms with Crippen LogP contribution in [0.3, 0.4) is 0 Å². The van der Waals surface area contributed by atoms with Gasteiger partial charge in [-0.3, -0.25) is 4.90 Å². The molecule has 0 spiro atoms. The number of nitrogens with one attached hydrogen (secondary N) is 1. The van der Waals surface area contributed by atoms with Gasteiger partial charge in [0, 0.05) is 35.6 Å². The predicted octanol–water partition coefficient (Wildman–Crippen LogP) is 2.43. The first kappa shape index (κ1) is 12.2. The molecule has 2 N–H and O–H groups in total. The molecule has 1 aliphatic carbocycles. The van der Waals surface area contributed by atoms with Gasteiger partial charge in [-0.25, -0.2) is 0 Å². The van der Waals surface area contributed by atoms with Crippen LogP contribution in [0.4, 0.5) is 0 Å². The smallest absolute Gasteiger partial charge is 0.0654 e. The van der Waals surface area contributed by atoms with Crippen molar-refractivity contribution in [2.45, 2.75) is 25.3 Å². The maximum absolute atomic E-state index is 9.54. The molecule has 0 amide bonds. The van der Waals surface area contributed by atoms with E-state index in [1.165, 1.54) is 22.0 Å². The van der Waals surface area contributed by atoms with Gasteiger partial charge in [-0.1, -0.05) is 25.1 Å². The Morgan fingerprint density at radius 2 is 2.30 bits per heavy atom. The van der Waals surface area contributed by atoms with E-state index in [2.05, 4.69) is 47.3 Å². The minimum atomic E-state index is 0.176. The second kappa shape index (κ2) is 4.47. The molecule has 3 nitrogen and oxygen atoms in total. The molecule has 2 aromatic rings. The molecule has 4 rings (SSSR count). The number of rotatable bonds is 2. The highest BCUT2D eigenvalue weighted by atomic mass is 16.3. The lowest BCUT2D eigenvalue weighted by atomic mass is 9.76. The Balaban J connectivity index is 1.91. The lowest BCUT2D eigenvalue weighted by Gasteiger charge is -2.42. The number of aromatic amines is 1. The zero-order valence-corrected chi connectivity index (χ0v) is 11.8. The lowest BCUT2D eigenvalue weighted by Crippen LogP contribution is -2.46. The van der Waals surface area contributed by atoms with E-state index in [4.69, 9.17) is 0 Å². The Bertz CT molecular complexity index is 685. The summed E-state index contributed by atoms with van der Waals surface area (Å²) >= 11 is 0. The van der Waals surface area contributed by atoms with Crippen LogP contribution in [-0.4, -0.2) is 40.7 Å². The van der Waals surface area contributed by atoms with E-state index in [-0.39, 0.29) is 6.61 Å². The van der Waals surface area contributed by atoms with Crippen LogP contribution in [0, 0.1) is 0 Å². The van der Waals surface area contributed by atoms with Crippen LogP contribution in [0.2, 0.25) is 0 Å². The van der Waals surface area contributed by atoms with Crippen molar-refractivity contribution in [1.82, 2.24) is 9.88 Å². The van der Waals surface area contributed by atoms with E-state index in [0.717, 1.165) is 25.1 Å². The first-order chi connectivity index (χ1) is 9.81. The van der Waals surface area contributed by atoms with Crippen molar-refractivity contribution in [2.24, 2.45) is 0 Å². The summed E-state index contributed by atoms with van der Waals surface area (Å²) in [5.74, 6) is 0.415. The Morgan fingerprint density at radius 1 is 1.40 bits per heavy atom. The number of hydrogen-bond acceptors (Lipinski definition) is 2. The molecular weight excluding hydrogens is 248 g/mol. The van der Waals surface area contributed by atoms with Crippen molar-refractivity contribution in [1.29, 1.82) is 0 Å². The van der Waals surface area contributed by atoms with Crippen molar-refractivity contribution >= 4 is 10.9 Å². The van der Waals surface area contributed by atoms with Gasteiger partial charge in [0.25, 0.3) is 0 Å².